The lowest BCUT2D eigenvalue weighted by Gasteiger charge is -2.31. The fourth-order valence-corrected chi connectivity index (χ4v) is 4.89. The number of fused-ring (bicyclic) bond motifs is 1. The largest absolute Gasteiger partial charge is 0.432 e. The van der Waals surface area contributed by atoms with Gasteiger partial charge in [0.2, 0.25) is 0 Å². The third-order valence-corrected chi connectivity index (χ3v) is 6.85. The summed E-state index contributed by atoms with van der Waals surface area (Å²) >= 11 is 0. The van der Waals surface area contributed by atoms with Gasteiger partial charge in [-0.15, -0.1) is 0 Å². The Labute approximate surface area is 182 Å². The van der Waals surface area contributed by atoms with Crippen molar-refractivity contribution in [2.24, 2.45) is 22.7 Å². The van der Waals surface area contributed by atoms with E-state index in [0.717, 1.165) is 30.3 Å². The number of alkyl halides is 3. The average molecular weight is 433 g/mol. The van der Waals surface area contributed by atoms with E-state index < -0.39 is 11.9 Å². The van der Waals surface area contributed by atoms with Crippen LogP contribution in [0.4, 0.5) is 13.2 Å². The average Bonchev–Trinajstić information content (AvgIpc) is 3.14. The lowest BCUT2D eigenvalue weighted by molar-refractivity contribution is -0.0578. The van der Waals surface area contributed by atoms with Crippen LogP contribution < -0.4 is 16.0 Å². The lowest BCUT2D eigenvalue weighted by atomic mass is 9.84. The fourth-order valence-electron chi connectivity index (χ4n) is 4.89. The molecule has 2 aliphatic heterocycles. The number of nitrogens with one attached hydrogen (secondary N) is 3. The Balaban J connectivity index is 1.58. The predicted molar refractivity (Wildman–Crippen MR) is 118 cm³/mol. The van der Waals surface area contributed by atoms with E-state index in [4.69, 9.17) is 0 Å². The summed E-state index contributed by atoms with van der Waals surface area (Å²) < 4.78 is 40.0. The zero-order chi connectivity index (χ0) is 22.0. The fraction of sp³-hybridized carbons (Fsp3) is 0.542. The molecular weight excluding hydrogens is 401 g/mol. The van der Waals surface area contributed by atoms with Crippen LogP contribution >= 0.6 is 0 Å². The molecule has 0 saturated heterocycles. The topological polar surface area (TPSA) is 48.4 Å². The molecule has 2 aliphatic carbocycles. The molecule has 3 atom stereocenters. The highest BCUT2D eigenvalue weighted by Gasteiger charge is 2.35. The Hall–Kier alpha value is -2.44. The van der Waals surface area contributed by atoms with Gasteiger partial charge in [0, 0.05) is 29.3 Å². The van der Waals surface area contributed by atoms with Crippen LogP contribution in [0.15, 0.2) is 64.4 Å². The molecule has 1 saturated carbocycles. The SMILES string of the molecule is CC(NC1=C(NC2=CC=C3NC=CC3[C@H]2C)CN=C(C(F)(F)F)C=C1)C1CCCCC1. The summed E-state index contributed by atoms with van der Waals surface area (Å²) in [4.78, 5) is 3.88. The van der Waals surface area contributed by atoms with E-state index in [1.165, 1.54) is 25.3 Å². The van der Waals surface area contributed by atoms with Crippen molar-refractivity contribution in [3.05, 3.63) is 59.4 Å². The quantitative estimate of drug-likeness (QED) is 0.569. The molecule has 4 rings (SSSR count). The number of hydrogen-bond donors (Lipinski definition) is 3. The maximum atomic E-state index is 13.3. The summed E-state index contributed by atoms with van der Waals surface area (Å²) in [6.07, 6.45) is 12.3. The van der Waals surface area contributed by atoms with Gasteiger partial charge in [0.05, 0.1) is 17.9 Å². The van der Waals surface area contributed by atoms with Crippen molar-refractivity contribution in [2.75, 3.05) is 6.54 Å². The van der Waals surface area contributed by atoms with Crippen molar-refractivity contribution >= 4 is 5.71 Å². The van der Waals surface area contributed by atoms with Crippen LogP contribution in [-0.2, 0) is 0 Å². The molecule has 0 aromatic carbocycles. The Bertz CT molecular complexity index is 870. The number of hydrogen-bond acceptors (Lipinski definition) is 4. The third kappa shape index (κ3) is 4.91. The molecule has 0 spiro atoms. The van der Waals surface area contributed by atoms with Gasteiger partial charge in [-0.1, -0.05) is 32.3 Å². The van der Waals surface area contributed by atoms with E-state index in [9.17, 15) is 13.2 Å². The second-order valence-corrected chi connectivity index (χ2v) is 8.94. The van der Waals surface area contributed by atoms with E-state index >= 15 is 0 Å². The number of allylic oxidation sites excluding steroid dienone is 6. The van der Waals surface area contributed by atoms with Crippen molar-refractivity contribution in [2.45, 2.75) is 58.2 Å². The Morgan fingerprint density at radius 1 is 1.13 bits per heavy atom. The van der Waals surface area contributed by atoms with Crippen LogP contribution in [-0.4, -0.2) is 24.5 Å². The van der Waals surface area contributed by atoms with Crippen molar-refractivity contribution in [3.63, 3.8) is 0 Å². The first-order valence-electron chi connectivity index (χ1n) is 11.2. The molecule has 7 heteroatoms. The molecule has 0 radical (unpaired) electrons. The smallest absolute Gasteiger partial charge is 0.381 e. The normalized spacial score (nSPS) is 27.6. The van der Waals surface area contributed by atoms with E-state index in [1.54, 1.807) is 0 Å². The van der Waals surface area contributed by atoms with Crippen molar-refractivity contribution in [1.82, 2.24) is 16.0 Å². The molecule has 4 nitrogen and oxygen atoms in total. The number of aliphatic imine (C=N–C) groups is 1. The summed E-state index contributed by atoms with van der Waals surface area (Å²) in [7, 11) is 0. The summed E-state index contributed by atoms with van der Waals surface area (Å²) in [5.74, 6) is 0.977. The zero-order valence-corrected chi connectivity index (χ0v) is 18.1. The Kier molecular flexibility index (Phi) is 6.30. The minimum absolute atomic E-state index is 0.0407. The first-order chi connectivity index (χ1) is 14.8. The van der Waals surface area contributed by atoms with Gasteiger partial charge in [-0.25, -0.2) is 0 Å². The van der Waals surface area contributed by atoms with Gasteiger partial charge in [0.1, 0.15) is 5.71 Å². The number of rotatable bonds is 5. The molecule has 31 heavy (non-hydrogen) atoms. The summed E-state index contributed by atoms with van der Waals surface area (Å²) in [6.45, 7) is 4.22. The highest BCUT2D eigenvalue weighted by molar-refractivity contribution is 6.00. The maximum absolute atomic E-state index is 13.3. The van der Waals surface area contributed by atoms with Crippen molar-refractivity contribution < 1.29 is 13.2 Å². The molecular formula is C24H31F3N4. The van der Waals surface area contributed by atoms with Crippen molar-refractivity contribution in [1.29, 1.82) is 0 Å². The molecule has 0 bridgehead atoms. The Morgan fingerprint density at radius 3 is 2.65 bits per heavy atom. The van der Waals surface area contributed by atoms with Crippen LogP contribution in [0, 0.1) is 17.8 Å². The highest BCUT2D eigenvalue weighted by atomic mass is 19.4. The van der Waals surface area contributed by atoms with E-state index in [0.29, 0.717) is 17.3 Å². The molecule has 168 valence electrons. The molecule has 2 heterocycles. The van der Waals surface area contributed by atoms with Gasteiger partial charge < -0.3 is 16.0 Å². The van der Waals surface area contributed by atoms with Gasteiger partial charge in [-0.3, -0.25) is 4.99 Å². The number of nitrogens with zero attached hydrogens (tertiary/aromatic N) is 1. The van der Waals surface area contributed by atoms with Gasteiger partial charge in [-0.05, 0) is 56.2 Å². The standard InChI is InChI=1S/C24H31F3N4/c1-15-18-12-13-28-20(18)9-8-19(15)31-22-14-29-23(24(25,26)27)11-10-21(22)30-16(2)17-6-4-3-5-7-17/h8-13,15-18,28,30-31H,3-7,14H2,1-2H3/t15-,16?,18?/m1/s1. The van der Waals surface area contributed by atoms with E-state index in [-0.39, 0.29) is 24.4 Å². The zero-order valence-electron chi connectivity index (χ0n) is 18.1. The maximum Gasteiger partial charge on any atom is 0.432 e. The minimum Gasteiger partial charge on any atom is -0.381 e. The van der Waals surface area contributed by atoms with E-state index in [2.05, 4.69) is 40.9 Å². The molecule has 1 fully saturated rings. The summed E-state index contributed by atoms with van der Waals surface area (Å²) in [6, 6.07) is 0.190. The molecule has 3 N–H and O–H groups in total. The second kappa shape index (κ2) is 8.97. The van der Waals surface area contributed by atoms with Crippen LogP contribution in [0.3, 0.4) is 0 Å². The van der Waals surface area contributed by atoms with Gasteiger partial charge in [0.25, 0.3) is 0 Å². The predicted octanol–water partition coefficient (Wildman–Crippen LogP) is 5.07. The van der Waals surface area contributed by atoms with Gasteiger partial charge in [0.15, 0.2) is 0 Å². The minimum atomic E-state index is -4.46. The van der Waals surface area contributed by atoms with Crippen LogP contribution in [0.25, 0.3) is 0 Å². The van der Waals surface area contributed by atoms with Crippen LogP contribution in [0.5, 0.6) is 0 Å². The van der Waals surface area contributed by atoms with Gasteiger partial charge in [-0.2, -0.15) is 13.2 Å². The molecule has 0 amide bonds. The van der Waals surface area contributed by atoms with Crippen LogP contribution in [0.2, 0.25) is 0 Å². The molecule has 0 aromatic heterocycles. The van der Waals surface area contributed by atoms with E-state index in [1.807, 2.05) is 18.4 Å². The molecule has 4 aliphatic rings. The molecule has 2 unspecified atom stereocenters. The number of halogens is 3. The van der Waals surface area contributed by atoms with Crippen LogP contribution in [0.1, 0.15) is 46.0 Å². The van der Waals surface area contributed by atoms with Gasteiger partial charge >= 0.3 is 6.18 Å². The first kappa shape index (κ1) is 21.8. The summed E-state index contributed by atoms with van der Waals surface area (Å²) in [5, 5.41) is 10.2. The molecule has 0 aromatic rings. The van der Waals surface area contributed by atoms with Crippen molar-refractivity contribution in [3.8, 4) is 0 Å². The summed E-state index contributed by atoms with van der Waals surface area (Å²) in [5.41, 5.74) is 2.67. The highest BCUT2D eigenvalue weighted by Crippen LogP contribution is 2.33. The monoisotopic (exact) mass is 432 g/mol. The lowest BCUT2D eigenvalue weighted by Crippen LogP contribution is -2.36. The second-order valence-electron chi connectivity index (χ2n) is 8.94. The third-order valence-electron chi connectivity index (χ3n) is 6.85. The Morgan fingerprint density at radius 2 is 1.90 bits per heavy atom. The first-order valence-corrected chi connectivity index (χ1v) is 11.2.